The first-order valence-electron chi connectivity index (χ1n) is 16.1. The van der Waals surface area contributed by atoms with Gasteiger partial charge in [0.25, 0.3) is 0 Å². The van der Waals surface area contributed by atoms with Gasteiger partial charge in [-0.2, -0.15) is 0 Å². The predicted molar refractivity (Wildman–Crippen MR) is 169 cm³/mol. The van der Waals surface area contributed by atoms with Crippen LogP contribution < -0.4 is 0 Å². The van der Waals surface area contributed by atoms with Gasteiger partial charge in [0.1, 0.15) is 28.9 Å². The highest BCUT2D eigenvalue weighted by atomic mass is 16.5. The van der Waals surface area contributed by atoms with E-state index in [0.717, 1.165) is 25.9 Å². The number of nitrogens with zero attached hydrogens (tertiary/aromatic N) is 2. The number of likely N-dealkylation sites (tertiary alicyclic amines) is 1. The molecule has 0 aromatic heterocycles. The summed E-state index contributed by atoms with van der Waals surface area (Å²) in [5.74, 6) is -8.40. The maximum atomic E-state index is 14.7. The number of ketones is 3. The molecule has 1 aliphatic heterocycles. The zero-order valence-corrected chi connectivity index (χ0v) is 27.7. The van der Waals surface area contributed by atoms with E-state index >= 15 is 0 Å². The van der Waals surface area contributed by atoms with Gasteiger partial charge in [0.15, 0.2) is 17.2 Å². The van der Waals surface area contributed by atoms with Crippen LogP contribution in [0.25, 0.3) is 5.76 Å². The van der Waals surface area contributed by atoms with Crippen molar-refractivity contribution < 1.29 is 44.3 Å². The number of aliphatic hydroxyl groups is 3. The molecule has 4 N–H and O–H groups in total. The lowest BCUT2D eigenvalue weighted by molar-refractivity contribution is -0.185. The topological polar surface area (TPSA) is 165 Å². The number of carbonyl (C=O) groups excluding carboxylic acids is 4. The molecule has 0 bridgehead atoms. The van der Waals surface area contributed by atoms with E-state index in [4.69, 9.17) is 4.74 Å². The molecule has 1 heterocycles. The average molecular weight is 639 g/mol. The van der Waals surface area contributed by atoms with E-state index in [9.17, 15) is 39.6 Å². The Kier molecular flexibility index (Phi) is 8.76. The first-order chi connectivity index (χ1) is 21.5. The van der Waals surface area contributed by atoms with Crippen molar-refractivity contribution in [1.29, 1.82) is 0 Å². The third-order valence-corrected chi connectivity index (χ3v) is 10.4. The summed E-state index contributed by atoms with van der Waals surface area (Å²) in [4.78, 5) is 58.9. The molecule has 4 aliphatic rings. The highest BCUT2D eigenvalue weighted by molar-refractivity contribution is 6.25. The number of likely N-dealkylation sites (N-methyl/N-ethyl adjacent to an activating group) is 1. The molecule has 2 fully saturated rings. The van der Waals surface area contributed by atoms with Crippen LogP contribution in [0, 0.1) is 11.8 Å². The maximum Gasteiger partial charge on any atom is 0.305 e. The molecule has 11 nitrogen and oxygen atoms in total. The van der Waals surface area contributed by atoms with Gasteiger partial charge in [-0.15, -0.1) is 0 Å². The Morgan fingerprint density at radius 2 is 1.72 bits per heavy atom. The first kappa shape index (κ1) is 33.8. The number of hydrogen-bond donors (Lipinski definition) is 4. The summed E-state index contributed by atoms with van der Waals surface area (Å²) in [5.41, 5.74) is -3.40. The molecular formula is C35H46N2O9. The Morgan fingerprint density at radius 3 is 2.28 bits per heavy atom. The van der Waals surface area contributed by atoms with E-state index in [1.807, 2.05) is 20.8 Å². The van der Waals surface area contributed by atoms with Gasteiger partial charge in [-0.25, -0.2) is 0 Å². The zero-order chi connectivity index (χ0) is 34.0. The second-order valence-corrected chi connectivity index (χ2v) is 14.4. The van der Waals surface area contributed by atoms with Crippen LogP contribution in [-0.4, -0.2) is 105 Å². The number of Topliss-reactive ketones (excluding diaryl/α,β-unsaturated/α-hetero) is 3. The lowest BCUT2D eigenvalue weighted by Gasteiger charge is -2.54. The minimum Gasteiger partial charge on any atom is -0.508 e. The summed E-state index contributed by atoms with van der Waals surface area (Å²) in [6.45, 7) is 11.0. The fourth-order valence-electron chi connectivity index (χ4n) is 7.99. The highest BCUT2D eigenvalue weighted by Crippen LogP contribution is 2.57. The minimum atomic E-state index is -2.89. The zero-order valence-electron chi connectivity index (χ0n) is 27.7. The number of phenols is 1. The van der Waals surface area contributed by atoms with E-state index in [-0.39, 0.29) is 29.7 Å². The predicted octanol–water partition coefficient (Wildman–Crippen LogP) is 3.32. The number of aliphatic hydroxyl groups excluding tert-OH is 2. The first-order valence-corrected chi connectivity index (χ1v) is 16.1. The van der Waals surface area contributed by atoms with Gasteiger partial charge in [0, 0.05) is 36.4 Å². The third-order valence-electron chi connectivity index (χ3n) is 10.4. The fourth-order valence-corrected chi connectivity index (χ4v) is 7.99. The molecule has 1 saturated heterocycles. The van der Waals surface area contributed by atoms with Crippen LogP contribution in [0.1, 0.15) is 82.9 Å². The molecule has 3 aliphatic carbocycles. The van der Waals surface area contributed by atoms with Crippen LogP contribution in [0.2, 0.25) is 0 Å². The Balaban J connectivity index is 1.76. The third kappa shape index (κ3) is 5.07. The number of hydrogen-bond acceptors (Lipinski definition) is 11. The monoisotopic (exact) mass is 638 g/mol. The molecule has 0 unspecified atom stereocenters. The lowest BCUT2D eigenvalue weighted by Crippen LogP contribution is -2.70. The van der Waals surface area contributed by atoms with E-state index in [1.54, 1.807) is 40.1 Å². The molecule has 0 radical (unpaired) electrons. The van der Waals surface area contributed by atoms with Crippen LogP contribution in [0.4, 0.5) is 0 Å². The van der Waals surface area contributed by atoms with Crippen LogP contribution in [0.15, 0.2) is 29.0 Å². The van der Waals surface area contributed by atoms with Crippen LogP contribution in [-0.2, 0) is 29.3 Å². The largest absolute Gasteiger partial charge is 0.508 e. The number of benzene rings is 1. The van der Waals surface area contributed by atoms with Gasteiger partial charge in [-0.05, 0) is 56.9 Å². The molecular weight excluding hydrogens is 592 g/mol. The summed E-state index contributed by atoms with van der Waals surface area (Å²) in [6, 6.07) is 2.17. The molecule has 11 heteroatoms. The van der Waals surface area contributed by atoms with Crippen molar-refractivity contribution in [3.63, 3.8) is 0 Å². The molecule has 0 amide bonds. The Morgan fingerprint density at radius 1 is 1.09 bits per heavy atom. The summed E-state index contributed by atoms with van der Waals surface area (Å²) in [6.07, 6.45) is 0.437. The lowest BCUT2D eigenvalue weighted by atomic mass is 9.54. The van der Waals surface area contributed by atoms with Gasteiger partial charge in [0.2, 0.25) is 5.78 Å². The number of rotatable bonds is 7. The average Bonchev–Trinajstić information content (AvgIpc) is 3.50. The number of aromatic hydroxyl groups is 1. The van der Waals surface area contributed by atoms with E-state index in [0.29, 0.717) is 17.7 Å². The van der Waals surface area contributed by atoms with E-state index < -0.39 is 81.3 Å². The quantitative estimate of drug-likeness (QED) is 0.256. The molecule has 0 spiro atoms. The van der Waals surface area contributed by atoms with Gasteiger partial charge in [0.05, 0.1) is 17.5 Å². The molecule has 5 rings (SSSR count). The number of carbonyl (C=O) groups is 4. The van der Waals surface area contributed by atoms with Gasteiger partial charge in [-0.1, -0.05) is 46.8 Å². The normalized spacial score (nSPS) is 30.0. The second kappa shape index (κ2) is 11.9. The molecule has 46 heavy (non-hydrogen) atoms. The summed E-state index contributed by atoms with van der Waals surface area (Å²) in [7, 11) is 3.10. The molecule has 1 saturated carbocycles. The van der Waals surface area contributed by atoms with Gasteiger partial charge >= 0.3 is 5.97 Å². The van der Waals surface area contributed by atoms with Crippen LogP contribution >= 0.6 is 0 Å². The Hall–Kier alpha value is -3.54. The SMILES string of the molecule is CCC(=O)O[C@H]1[C@@H]2C(=C(O)c3c(ccc(C(C)(C)C)c3O)[C@H]2C)C(=O)[C@@]2(O)C(O)=C(C(=O)CCN3CCCC3)C(=O)[C@H](N(C)C)[C@@H]12. The van der Waals surface area contributed by atoms with Crippen molar-refractivity contribution in [1.82, 2.24) is 9.80 Å². The van der Waals surface area contributed by atoms with E-state index in [2.05, 4.69) is 4.90 Å². The number of phenolic OH excluding ortho intramolecular Hbond substituents is 1. The molecule has 1 aromatic rings. The Bertz CT molecular complexity index is 1550. The van der Waals surface area contributed by atoms with Crippen molar-refractivity contribution in [2.24, 2.45) is 11.8 Å². The fraction of sp³-hybridized carbons (Fsp3) is 0.600. The summed E-state index contributed by atoms with van der Waals surface area (Å²) >= 11 is 0. The summed E-state index contributed by atoms with van der Waals surface area (Å²) in [5, 5.41) is 47.4. The van der Waals surface area contributed by atoms with Crippen LogP contribution in [0.3, 0.4) is 0 Å². The van der Waals surface area contributed by atoms with Crippen molar-refractivity contribution >= 4 is 29.1 Å². The maximum absolute atomic E-state index is 14.7. The molecule has 250 valence electrons. The van der Waals surface area contributed by atoms with Crippen LogP contribution in [0.5, 0.6) is 5.75 Å². The molecule has 6 atom stereocenters. The van der Waals surface area contributed by atoms with Crippen molar-refractivity contribution in [2.75, 3.05) is 33.7 Å². The number of fused-ring (bicyclic) bond motifs is 3. The van der Waals surface area contributed by atoms with Crippen molar-refractivity contribution in [3.8, 4) is 5.75 Å². The van der Waals surface area contributed by atoms with E-state index in [1.165, 1.54) is 4.90 Å². The van der Waals surface area contributed by atoms with Gasteiger partial charge in [-0.3, -0.25) is 24.1 Å². The second-order valence-electron chi connectivity index (χ2n) is 14.4. The minimum absolute atomic E-state index is 0.0172. The standard InChI is InChI=1S/C35H46N2O9/c1-8-21(39)46-31-22-17(2)18-11-12-19(34(3,4)5)28(40)23(18)29(41)25(22)33(44)35(45)26(31)27(36(6)7)30(42)24(32(35)43)20(38)13-16-37-14-9-10-15-37/h11-12,17,22,26-27,31,40-41,43,45H,8-10,13-16H2,1-7H3/t17-,22+,26+,27-,31+,35+/m1/s1. The Labute approximate surface area is 269 Å². The smallest absolute Gasteiger partial charge is 0.305 e. The number of ether oxygens (including phenoxy) is 1. The van der Waals surface area contributed by atoms with Crippen molar-refractivity contribution in [2.45, 2.75) is 89.4 Å². The van der Waals surface area contributed by atoms with Gasteiger partial charge < -0.3 is 30.1 Å². The summed E-state index contributed by atoms with van der Waals surface area (Å²) < 4.78 is 5.96. The molecule has 1 aromatic carbocycles. The number of esters is 1. The highest BCUT2D eigenvalue weighted by Gasteiger charge is 2.69. The van der Waals surface area contributed by atoms with Crippen molar-refractivity contribution in [3.05, 3.63) is 45.7 Å².